The first-order chi connectivity index (χ1) is 12.4. The average Bonchev–Trinajstić information content (AvgIpc) is 2.60. The van der Waals surface area contributed by atoms with E-state index in [1.807, 2.05) is 42.5 Å². The molecule has 0 atom stereocenters. The van der Waals surface area contributed by atoms with Crippen LogP contribution in [0.4, 0.5) is 18.9 Å². The molecule has 0 saturated heterocycles. The number of rotatable bonds is 5. The lowest BCUT2D eigenvalue weighted by Crippen LogP contribution is -2.17. The number of hydrogen-bond acceptors (Lipinski definition) is 3. The fourth-order valence-electron chi connectivity index (χ4n) is 2.53. The Kier molecular flexibility index (Phi) is 5.02. The van der Waals surface area contributed by atoms with Gasteiger partial charge >= 0.3 is 6.36 Å². The Balaban J connectivity index is 1.85. The fraction of sp³-hybridized carbons (Fsp3) is 0.100. The molecule has 3 aromatic carbocycles. The number of nitrogens with two attached hydrogens (primary N) is 1. The SMILES string of the molecule is Nc1cc(OC(F)(F)F)ccc1-c1ccccc1OCc1ccccc1. The van der Waals surface area contributed by atoms with Crippen molar-refractivity contribution in [3.63, 3.8) is 0 Å². The van der Waals surface area contributed by atoms with E-state index in [0.29, 0.717) is 23.5 Å². The van der Waals surface area contributed by atoms with Crippen LogP contribution in [0, 0.1) is 0 Å². The average molecular weight is 359 g/mol. The van der Waals surface area contributed by atoms with E-state index in [4.69, 9.17) is 10.5 Å². The smallest absolute Gasteiger partial charge is 0.488 e. The van der Waals surface area contributed by atoms with Crippen LogP contribution in [0.1, 0.15) is 5.56 Å². The summed E-state index contributed by atoms with van der Waals surface area (Å²) in [5, 5.41) is 0. The maximum atomic E-state index is 12.3. The minimum atomic E-state index is -4.76. The van der Waals surface area contributed by atoms with Crippen molar-refractivity contribution in [1.82, 2.24) is 0 Å². The third-order valence-electron chi connectivity index (χ3n) is 3.67. The van der Waals surface area contributed by atoms with Crippen LogP contribution < -0.4 is 15.2 Å². The van der Waals surface area contributed by atoms with Crippen LogP contribution in [0.5, 0.6) is 11.5 Å². The van der Waals surface area contributed by atoms with E-state index >= 15 is 0 Å². The number of halogens is 3. The second-order valence-corrected chi connectivity index (χ2v) is 5.57. The first kappa shape index (κ1) is 17.7. The van der Waals surface area contributed by atoms with Crippen LogP contribution in [0.3, 0.4) is 0 Å². The maximum Gasteiger partial charge on any atom is 0.573 e. The Hall–Kier alpha value is -3.15. The first-order valence-corrected chi connectivity index (χ1v) is 7.84. The predicted molar refractivity (Wildman–Crippen MR) is 93.7 cm³/mol. The molecule has 3 aromatic rings. The molecule has 0 spiro atoms. The van der Waals surface area contributed by atoms with Gasteiger partial charge in [0.15, 0.2) is 0 Å². The van der Waals surface area contributed by atoms with Crippen molar-refractivity contribution in [1.29, 1.82) is 0 Å². The van der Waals surface area contributed by atoms with Crippen molar-refractivity contribution in [3.05, 3.63) is 78.4 Å². The summed E-state index contributed by atoms with van der Waals surface area (Å²) in [5.41, 5.74) is 8.38. The zero-order valence-electron chi connectivity index (χ0n) is 13.7. The summed E-state index contributed by atoms with van der Waals surface area (Å²) in [6.07, 6.45) is -4.76. The maximum absolute atomic E-state index is 12.3. The highest BCUT2D eigenvalue weighted by molar-refractivity contribution is 5.81. The largest absolute Gasteiger partial charge is 0.573 e. The summed E-state index contributed by atoms with van der Waals surface area (Å²) in [7, 11) is 0. The molecule has 0 aromatic heterocycles. The Morgan fingerprint density at radius 1 is 0.808 bits per heavy atom. The molecule has 0 radical (unpaired) electrons. The van der Waals surface area contributed by atoms with Gasteiger partial charge in [-0.15, -0.1) is 13.2 Å². The highest BCUT2D eigenvalue weighted by atomic mass is 19.4. The second-order valence-electron chi connectivity index (χ2n) is 5.57. The van der Waals surface area contributed by atoms with Crippen LogP contribution >= 0.6 is 0 Å². The van der Waals surface area contributed by atoms with Gasteiger partial charge in [0.05, 0.1) is 0 Å². The molecular formula is C20H16F3NO2. The highest BCUT2D eigenvalue weighted by Gasteiger charge is 2.31. The summed E-state index contributed by atoms with van der Waals surface area (Å²) >= 11 is 0. The van der Waals surface area contributed by atoms with Crippen molar-refractivity contribution in [2.24, 2.45) is 0 Å². The van der Waals surface area contributed by atoms with Gasteiger partial charge in [0.2, 0.25) is 0 Å². The molecule has 26 heavy (non-hydrogen) atoms. The standard InChI is InChI=1S/C20H16F3NO2/c21-20(22,23)26-15-10-11-16(18(24)12-15)17-8-4-5-9-19(17)25-13-14-6-2-1-3-7-14/h1-12H,13,24H2. The van der Waals surface area contributed by atoms with Crippen LogP contribution in [0.2, 0.25) is 0 Å². The predicted octanol–water partition coefficient (Wildman–Crippen LogP) is 5.41. The minimum Gasteiger partial charge on any atom is -0.488 e. The monoisotopic (exact) mass is 359 g/mol. The van der Waals surface area contributed by atoms with Gasteiger partial charge in [-0.2, -0.15) is 0 Å². The molecule has 2 N–H and O–H groups in total. The molecule has 0 fully saturated rings. The molecule has 0 aliphatic heterocycles. The summed E-state index contributed by atoms with van der Waals surface area (Å²) in [6, 6.07) is 20.7. The lowest BCUT2D eigenvalue weighted by Gasteiger charge is -2.15. The van der Waals surface area contributed by atoms with E-state index in [-0.39, 0.29) is 11.4 Å². The lowest BCUT2D eigenvalue weighted by atomic mass is 10.0. The molecule has 134 valence electrons. The van der Waals surface area contributed by atoms with Gasteiger partial charge in [-0.05, 0) is 23.8 Å². The quantitative estimate of drug-likeness (QED) is 0.619. The molecule has 0 unspecified atom stereocenters. The van der Waals surface area contributed by atoms with Crippen molar-refractivity contribution in [2.75, 3.05) is 5.73 Å². The normalized spacial score (nSPS) is 11.2. The van der Waals surface area contributed by atoms with Crippen LogP contribution in [0.15, 0.2) is 72.8 Å². The van der Waals surface area contributed by atoms with E-state index in [2.05, 4.69) is 4.74 Å². The number of anilines is 1. The summed E-state index contributed by atoms with van der Waals surface area (Å²) in [4.78, 5) is 0. The Morgan fingerprint density at radius 2 is 1.50 bits per heavy atom. The highest BCUT2D eigenvalue weighted by Crippen LogP contribution is 2.36. The van der Waals surface area contributed by atoms with E-state index < -0.39 is 6.36 Å². The van der Waals surface area contributed by atoms with Crippen molar-refractivity contribution in [3.8, 4) is 22.6 Å². The molecule has 0 aliphatic rings. The third kappa shape index (κ3) is 4.47. The number of hydrogen-bond donors (Lipinski definition) is 1. The second kappa shape index (κ2) is 7.39. The van der Waals surface area contributed by atoms with Crippen LogP contribution in [-0.4, -0.2) is 6.36 Å². The molecule has 3 nitrogen and oxygen atoms in total. The number of alkyl halides is 3. The Bertz CT molecular complexity index is 880. The topological polar surface area (TPSA) is 44.5 Å². The van der Waals surface area contributed by atoms with Crippen LogP contribution in [-0.2, 0) is 6.61 Å². The molecule has 0 heterocycles. The van der Waals surface area contributed by atoms with Gasteiger partial charge in [0.1, 0.15) is 18.1 Å². The summed E-state index contributed by atoms with van der Waals surface area (Å²) in [5.74, 6) is 0.231. The zero-order valence-corrected chi connectivity index (χ0v) is 13.7. The Labute approximate surface area is 148 Å². The van der Waals surface area contributed by atoms with Gasteiger partial charge < -0.3 is 15.2 Å². The summed E-state index contributed by atoms with van der Waals surface area (Å²) < 4.78 is 46.8. The summed E-state index contributed by atoms with van der Waals surface area (Å²) in [6.45, 7) is 0.368. The molecule has 0 aliphatic carbocycles. The molecule has 3 rings (SSSR count). The number of nitrogen functional groups attached to an aromatic ring is 1. The van der Waals surface area contributed by atoms with Crippen molar-refractivity contribution in [2.45, 2.75) is 13.0 Å². The Morgan fingerprint density at radius 3 is 2.19 bits per heavy atom. The van der Waals surface area contributed by atoms with E-state index in [0.717, 1.165) is 11.6 Å². The van der Waals surface area contributed by atoms with E-state index in [1.54, 1.807) is 12.1 Å². The number of ether oxygens (including phenoxy) is 2. The molecule has 0 bridgehead atoms. The van der Waals surface area contributed by atoms with Gasteiger partial charge in [-0.3, -0.25) is 0 Å². The first-order valence-electron chi connectivity index (χ1n) is 7.84. The minimum absolute atomic E-state index is 0.169. The van der Waals surface area contributed by atoms with Crippen molar-refractivity contribution >= 4 is 5.69 Å². The number of benzene rings is 3. The van der Waals surface area contributed by atoms with Gasteiger partial charge in [0, 0.05) is 22.9 Å². The van der Waals surface area contributed by atoms with Crippen LogP contribution in [0.25, 0.3) is 11.1 Å². The van der Waals surface area contributed by atoms with Gasteiger partial charge in [-0.1, -0.05) is 48.5 Å². The number of para-hydroxylation sites is 1. The fourth-order valence-corrected chi connectivity index (χ4v) is 2.53. The molecular weight excluding hydrogens is 343 g/mol. The van der Waals surface area contributed by atoms with Crippen molar-refractivity contribution < 1.29 is 22.6 Å². The third-order valence-corrected chi connectivity index (χ3v) is 3.67. The molecule has 0 saturated carbocycles. The van der Waals surface area contributed by atoms with Gasteiger partial charge in [-0.25, -0.2) is 0 Å². The molecule has 6 heteroatoms. The van der Waals surface area contributed by atoms with Gasteiger partial charge in [0.25, 0.3) is 0 Å². The molecule has 0 amide bonds. The zero-order chi connectivity index (χ0) is 18.6. The lowest BCUT2D eigenvalue weighted by molar-refractivity contribution is -0.274. The van der Waals surface area contributed by atoms with E-state index in [9.17, 15) is 13.2 Å². The van der Waals surface area contributed by atoms with E-state index in [1.165, 1.54) is 12.1 Å².